The molecule has 0 saturated carbocycles. The zero-order valence-electron chi connectivity index (χ0n) is 21.5. The molecule has 0 radical (unpaired) electrons. The van der Waals surface area contributed by atoms with Gasteiger partial charge in [-0.05, 0) is 79.2 Å². The summed E-state index contributed by atoms with van der Waals surface area (Å²) in [7, 11) is 0. The van der Waals surface area contributed by atoms with Gasteiger partial charge in [-0.1, -0.05) is 12.1 Å². The summed E-state index contributed by atoms with van der Waals surface area (Å²) in [5, 5.41) is 2.33. The monoisotopic (exact) mass is 520 g/mol. The number of benzene rings is 2. The number of nitrogens with one attached hydrogen (secondary N) is 1. The standard InChI is InChI=1S/C29H33FN4O4/c30-21-15-23(25-18-34(29(37)24(25)16-21)26-5-6-27(35)31-28(26)36)20-7-9-32(10-8-20)17-19-1-3-22(4-2-19)33-11-13-38-14-12-33/h1-4,15-16,20,26H,5-14,17-18H2,(H,31,35,36). The molecule has 8 nitrogen and oxygen atoms in total. The van der Waals surface area contributed by atoms with Crippen molar-refractivity contribution in [2.75, 3.05) is 44.3 Å². The van der Waals surface area contributed by atoms with Crippen molar-refractivity contribution in [1.29, 1.82) is 0 Å². The lowest BCUT2D eigenvalue weighted by Gasteiger charge is -2.33. The van der Waals surface area contributed by atoms with Crippen molar-refractivity contribution in [2.24, 2.45) is 0 Å². The first-order valence-corrected chi connectivity index (χ1v) is 13.6. The van der Waals surface area contributed by atoms with Crippen LogP contribution in [0.2, 0.25) is 0 Å². The number of anilines is 1. The second kappa shape index (κ2) is 10.5. The van der Waals surface area contributed by atoms with Crippen LogP contribution >= 0.6 is 0 Å². The highest BCUT2D eigenvalue weighted by molar-refractivity contribution is 6.05. The fourth-order valence-corrected chi connectivity index (χ4v) is 6.31. The van der Waals surface area contributed by atoms with Crippen LogP contribution in [-0.4, -0.2) is 73.0 Å². The largest absolute Gasteiger partial charge is 0.378 e. The summed E-state index contributed by atoms with van der Waals surface area (Å²) in [4.78, 5) is 43.4. The molecule has 3 saturated heterocycles. The van der Waals surface area contributed by atoms with Crippen molar-refractivity contribution < 1.29 is 23.5 Å². The smallest absolute Gasteiger partial charge is 0.255 e. The molecule has 200 valence electrons. The van der Waals surface area contributed by atoms with E-state index < -0.39 is 17.8 Å². The summed E-state index contributed by atoms with van der Waals surface area (Å²) in [6.07, 6.45) is 2.27. The van der Waals surface area contributed by atoms with Crippen LogP contribution in [0.5, 0.6) is 0 Å². The maximum absolute atomic E-state index is 14.7. The molecule has 0 aromatic heterocycles. The highest BCUT2D eigenvalue weighted by Gasteiger charge is 2.41. The number of imide groups is 1. The van der Waals surface area contributed by atoms with Crippen LogP contribution in [0.1, 0.15) is 58.6 Å². The maximum Gasteiger partial charge on any atom is 0.255 e. The van der Waals surface area contributed by atoms with Crippen molar-refractivity contribution in [3.05, 3.63) is 64.5 Å². The first-order valence-electron chi connectivity index (χ1n) is 13.6. The van der Waals surface area contributed by atoms with E-state index in [1.165, 1.54) is 22.2 Å². The second-order valence-electron chi connectivity index (χ2n) is 10.7. The molecule has 1 N–H and O–H groups in total. The first-order chi connectivity index (χ1) is 18.5. The second-order valence-corrected chi connectivity index (χ2v) is 10.7. The average Bonchev–Trinajstić information content (AvgIpc) is 3.25. The minimum atomic E-state index is -0.694. The van der Waals surface area contributed by atoms with Crippen molar-refractivity contribution >= 4 is 23.4 Å². The average molecular weight is 521 g/mol. The fourth-order valence-electron chi connectivity index (χ4n) is 6.31. The molecular formula is C29H33FN4O4. The molecule has 4 heterocycles. The molecule has 4 aliphatic heterocycles. The quantitative estimate of drug-likeness (QED) is 0.611. The molecule has 2 aromatic rings. The number of ether oxygens (including phenoxy) is 1. The van der Waals surface area contributed by atoms with E-state index >= 15 is 0 Å². The highest BCUT2D eigenvalue weighted by atomic mass is 19.1. The van der Waals surface area contributed by atoms with Gasteiger partial charge in [-0.25, -0.2) is 4.39 Å². The fraction of sp³-hybridized carbons (Fsp3) is 0.483. The zero-order chi connectivity index (χ0) is 26.2. The van der Waals surface area contributed by atoms with Gasteiger partial charge in [-0.2, -0.15) is 0 Å². The first kappa shape index (κ1) is 25.0. The number of fused-ring (bicyclic) bond motifs is 1. The minimum absolute atomic E-state index is 0.161. The summed E-state index contributed by atoms with van der Waals surface area (Å²) >= 11 is 0. The Morgan fingerprint density at radius 2 is 1.68 bits per heavy atom. The van der Waals surface area contributed by atoms with Gasteiger partial charge in [-0.15, -0.1) is 0 Å². The summed E-state index contributed by atoms with van der Waals surface area (Å²) in [6, 6.07) is 11.0. The number of amides is 3. The van der Waals surface area contributed by atoms with Crippen molar-refractivity contribution in [2.45, 2.75) is 50.7 Å². The molecule has 38 heavy (non-hydrogen) atoms. The number of rotatable bonds is 5. The summed E-state index contributed by atoms with van der Waals surface area (Å²) < 4.78 is 20.1. The number of carbonyl (C=O) groups excluding carboxylic acids is 3. The third-order valence-electron chi connectivity index (χ3n) is 8.40. The van der Waals surface area contributed by atoms with Gasteiger partial charge in [0.15, 0.2) is 0 Å². The van der Waals surface area contributed by atoms with Gasteiger partial charge in [0.2, 0.25) is 11.8 Å². The van der Waals surface area contributed by atoms with Crippen molar-refractivity contribution in [3.8, 4) is 0 Å². The molecular weight excluding hydrogens is 487 g/mol. The predicted octanol–water partition coefficient (Wildman–Crippen LogP) is 2.80. The Labute approximate surface area is 221 Å². The summed E-state index contributed by atoms with van der Waals surface area (Å²) in [5.74, 6) is -1.35. The van der Waals surface area contributed by atoms with E-state index in [1.807, 2.05) is 0 Å². The van der Waals surface area contributed by atoms with Crippen LogP contribution < -0.4 is 10.2 Å². The molecule has 6 rings (SSSR count). The molecule has 1 unspecified atom stereocenters. The Bertz CT molecular complexity index is 1240. The van der Waals surface area contributed by atoms with Gasteiger partial charge in [0.1, 0.15) is 11.9 Å². The lowest BCUT2D eigenvalue weighted by molar-refractivity contribution is -0.136. The van der Waals surface area contributed by atoms with Crippen LogP contribution in [0.4, 0.5) is 10.1 Å². The van der Waals surface area contributed by atoms with Gasteiger partial charge in [0, 0.05) is 43.9 Å². The van der Waals surface area contributed by atoms with Gasteiger partial charge < -0.3 is 14.5 Å². The molecule has 9 heteroatoms. The van der Waals surface area contributed by atoms with E-state index in [4.69, 9.17) is 4.74 Å². The van der Waals surface area contributed by atoms with Crippen molar-refractivity contribution in [3.63, 3.8) is 0 Å². The third kappa shape index (κ3) is 4.92. The van der Waals surface area contributed by atoms with Crippen LogP contribution in [0.15, 0.2) is 36.4 Å². The topological polar surface area (TPSA) is 82.2 Å². The number of carbonyl (C=O) groups is 3. The van der Waals surface area contributed by atoms with Crippen LogP contribution in [0.3, 0.4) is 0 Å². The minimum Gasteiger partial charge on any atom is -0.378 e. The van der Waals surface area contributed by atoms with Gasteiger partial charge in [0.05, 0.1) is 13.2 Å². The van der Waals surface area contributed by atoms with E-state index in [9.17, 15) is 18.8 Å². The Hall–Kier alpha value is -3.30. The van der Waals surface area contributed by atoms with E-state index in [1.54, 1.807) is 6.07 Å². The van der Waals surface area contributed by atoms with E-state index in [2.05, 4.69) is 39.4 Å². The van der Waals surface area contributed by atoms with Gasteiger partial charge in [0.25, 0.3) is 5.91 Å². The molecule has 0 aliphatic carbocycles. The number of nitrogens with zero attached hydrogens (tertiary/aromatic N) is 3. The highest BCUT2D eigenvalue weighted by Crippen LogP contribution is 2.38. The third-order valence-corrected chi connectivity index (χ3v) is 8.40. The van der Waals surface area contributed by atoms with Gasteiger partial charge in [-0.3, -0.25) is 24.6 Å². The molecule has 2 aromatic carbocycles. The van der Waals surface area contributed by atoms with Crippen LogP contribution in [0.25, 0.3) is 0 Å². The Morgan fingerprint density at radius 1 is 0.947 bits per heavy atom. The van der Waals surface area contributed by atoms with Crippen LogP contribution in [0, 0.1) is 5.82 Å². The lowest BCUT2D eigenvalue weighted by atomic mass is 9.85. The molecule has 3 amide bonds. The number of likely N-dealkylation sites (tertiary alicyclic amines) is 1. The Morgan fingerprint density at radius 3 is 2.39 bits per heavy atom. The van der Waals surface area contributed by atoms with Crippen molar-refractivity contribution in [1.82, 2.24) is 15.1 Å². The number of hydrogen-bond acceptors (Lipinski definition) is 6. The maximum atomic E-state index is 14.7. The van der Waals surface area contributed by atoms with Crippen LogP contribution in [-0.2, 0) is 27.4 Å². The molecule has 3 fully saturated rings. The summed E-state index contributed by atoms with van der Waals surface area (Å²) in [6.45, 7) is 6.34. The summed E-state index contributed by atoms with van der Waals surface area (Å²) in [5.41, 5.74) is 4.58. The predicted molar refractivity (Wildman–Crippen MR) is 139 cm³/mol. The molecule has 4 aliphatic rings. The van der Waals surface area contributed by atoms with E-state index in [0.29, 0.717) is 12.0 Å². The van der Waals surface area contributed by atoms with E-state index in [0.717, 1.165) is 69.9 Å². The number of halogens is 1. The Kier molecular flexibility index (Phi) is 6.88. The number of piperidine rings is 2. The molecule has 1 atom stereocenters. The van der Waals surface area contributed by atoms with E-state index in [-0.39, 0.29) is 30.7 Å². The zero-order valence-corrected chi connectivity index (χ0v) is 21.5. The van der Waals surface area contributed by atoms with Gasteiger partial charge >= 0.3 is 0 Å². The number of hydrogen-bond donors (Lipinski definition) is 1. The molecule has 0 spiro atoms. The number of morpholine rings is 1. The normalized spacial score (nSPS) is 23.1. The molecule has 0 bridgehead atoms. The Balaban J connectivity index is 1.10. The lowest BCUT2D eigenvalue weighted by Crippen LogP contribution is -2.52. The SMILES string of the molecule is O=C1CCC(N2Cc3c(cc(F)cc3C3CCN(Cc4ccc(N5CCOCC5)cc4)CC3)C2=O)C(=O)N1.